The van der Waals surface area contributed by atoms with E-state index in [1.54, 1.807) is 14.2 Å². The lowest BCUT2D eigenvalue weighted by Gasteiger charge is -2.35. The Labute approximate surface area is 166 Å². The normalized spacial score (nSPS) is 22.2. The van der Waals surface area contributed by atoms with Crippen LogP contribution in [-0.4, -0.2) is 44.5 Å². The smallest absolute Gasteiger partial charge is 0.189 e. The summed E-state index contributed by atoms with van der Waals surface area (Å²) in [6, 6.07) is 14.8. The van der Waals surface area contributed by atoms with Crippen LogP contribution in [0.2, 0.25) is 0 Å². The number of likely N-dealkylation sites (tertiary alicyclic amines) is 1. The average Bonchev–Trinajstić information content (AvgIpc) is 3.05. The summed E-state index contributed by atoms with van der Waals surface area (Å²) < 4.78 is 10.8. The molecule has 1 aliphatic heterocycles. The summed E-state index contributed by atoms with van der Waals surface area (Å²) in [4.78, 5) is 15.6. The number of carbonyl (C=O) groups is 1. The molecule has 0 amide bonds. The second-order valence-electron chi connectivity index (χ2n) is 7.73. The lowest BCUT2D eigenvalue weighted by atomic mass is 9.88. The van der Waals surface area contributed by atoms with Gasteiger partial charge in [-0.15, -0.1) is 0 Å². The maximum absolute atomic E-state index is 13.1. The number of likely N-dealkylation sites (N-methyl/N-ethyl adjacent to an activating group) is 1. The van der Waals surface area contributed by atoms with Gasteiger partial charge in [0.1, 0.15) is 0 Å². The van der Waals surface area contributed by atoms with E-state index in [9.17, 15) is 4.79 Å². The summed E-state index contributed by atoms with van der Waals surface area (Å²) in [5.41, 5.74) is 5.46. The fraction of sp³-hybridized carbons (Fsp3) is 0.375. The van der Waals surface area contributed by atoms with Crippen LogP contribution in [0.4, 0.5) is 0 Å². The lowest BCUT2D eigenvalue weighted by Crippen LogP contribution is -2.39. The van der Waals surface area contributed by atoms with Gasteiger partial charge in [-0.2, -0.15) is 0 Å². The van der Waals surface area contributed by atoms with Gasteiger partial charge in [0.15, 0.2) is 17.3 Å². The van der Waals surface area contributed by atoms with Gasteiger partial charge in [0.2, 0.25) is 0 Å². The number of hydrogen-bond acceptors (Lipinski definition) is 4. The fourth-order valence-corrected chi connectivity index (χ4v) is 4.42. The third-order valence-electron chi connectivity index (χ3n) is 6.11. The van der Waals surface area contributed by atoms with E-state index in [0.717, 1.165) is 42.5 Å². The van der Waals surface area contributed by atoms with Crippen molar-refractivity contribution >= 4 is 5.78 Å². The molecule has 1 unspecified atom stereocenters. The monoisotopic (exact) mass is 377 g/mol. The minimum absolute atomic E-state index is 0.161. The number of allylic oxidation sites excluding steroid dienone is 1. The maximum Gasteiger partial charge on any atom is 0.189 e. The van der Waals surface area contributed by atoms with Gasteiger partial charge in [-0.1, -0.05) is 35.9 Å². The molecule has 28 heavy (non-hydrogen) atoms. The topological polar surface area (TPSA) is 38.8 Å². The summed E-state index contributed by atoms with van der Waals surface area (Å²) in [5, 5.41) is 0. The van der Waals surface area contributed by atoms with Crippen LogP contribution in [0.3, 0.4) is 0 Å². The van der Waals surface area contributed by atoms with Gasteiger partial charge >= 0.3 is 0 Å². The number of hydrogen-bond donors (Lipinski definition) is 0. The molecule has 0 aromatic heterocycles. The first-order valence-electron chi connectivity index (χ1n) is 9.85. The highest BCUT2D eigenvalue weighted by Crippen LogP contribution is 2.39. The van der Waals surface area contributed by atoms with E-state index in [-0.39, 0.29) is 5.78 Å². The second-order valence-corrected chi connectivity index (χ2v) is 7.73. The number of rotatable bonds is 4. The van der Waals surface area contributed by atoms with Crippen LogP contribution in [0.25, 0.3) is 0 Å². The molecular formula is C24H27NO3. The quantitative estimate of drug-likeness (QED) is 0.753. The van der Waals surface area contributed by atoms with Crippen LogP contribution in [0.1, 0.15) is 34.3 Å². The molecule has 0 saturated carbocycles. The Morgan fingerprint density at radius 3 is 2.50 bits per heavy atom. The molecule has 1 fully saturated rings. The van der Waals surface area contributed by atoms with E-state index >= 15 is 0 Å². The molecule has 146 valence electrons. The number of ketones is 1. The van der Waals surface area contributed by atoms with Gasteiger partial charge in [0.05, 0.1) is 14.2 Å². The number of methoxy groups -OCH3 is 2. The van der Waals surface area contributed by atoms with Crippen molar-refractivity contribution in [2.45, 2.75) is 31.7 Å². The van der Waals surface area contributed by atoms with E-state index < -0.39 is 0 Å². The SMILES string of the molecule is COc1cc2c(cc1OC)C(=O)C(=C1CCN(C)C(Cc3ccccc3)C1)C2. The van der Waals surface area contributed by atoms with Gasteiger partial charge in [-0.3, -0.25) is 4.79 Å². The molecule has 4 rings (SSSR count). The molecule has 1 atom stereocenters. The highest BCUT2D eigenvalue weighted by molar-refractivity contribution is 6.14. The van der Waals surface area contributed by atoms with Crippen molar-refractivity contribution in [2.75, 3.05) is 27.8 Å². The Balaban J connectivity index is 1.61. The van der Waals surface area contributed by atoms with Gasteiger partial charge in [-0.05, 0) is 49.6 Å². The van der Waals surface area contributed by atoms with Crippen molar-refractivity contribution < 1.29 is 14.3 Å². The Bertz CT molecular complexity index is 917. The van der Waals surface area contributed by atoms with Crippen LogP contribution in [-0.2, 0) is 12.8 Å². The summed E-state index contributed by atoms with van der Waals surface area (Å²) in [6.07, 6.45) is 3.63. The zero-order valence-corrected chi connectivity index (χ0v) is 16.8. The molecule has 1 heterocycles. The molecule has 2 aromatic carbocycles. The first kappa shape index (κ1) is 18.8. The molecule has 4 nitrogen and oxygen atoms in total. The number of piperidine rings is 1. The highest BCUT2D eigenvalue weighted by atomic mass is 16.5. The molecular weight excluding hydrogens is 350 g/mol. The second kappa shape index (κ2) is 7.80. The fourth-order valence-electron chi connectivity index (χ4n) is 4.42. The molecule has 0 radical (unpaired) electrons. The van der Waals surface area contributed by atoms with Crippen LogP contribution < -0.4 is 9.47 Å². The summed E-state index contributed by atoms with van der Waals surface area (Å²) in [7, 11) is 5.43. The lowest BCUT2D eigenvalue weighted by molar-refractivity contribution is 0.103. The molecule has 0 bridgehead atoms. The van der Waals surface area contributed by atoms with Crippen molar-refractivity contribution in [3.63, 3.8) is 0 Å². The van der Waals surface area contributed by atoms with Gasteiger partial charge in [0, 0.05) is 30.1 Å². The van der Waals surface area contributed by atoms with Crippen molar-refractivity contribution in [3.05, 3.63) is 70.3 Å². The van der Waals surface area contributed by atoms with Gasteiger partial charge < -0.3 is 14.4 Å². The predicted molar refractivity (Wildman–Crippen MR) is 110 cm³/mol. The summed E-state index contributed by atoms with van der Waals surface area (Å²) >= 11 is 0. The minimum atomic E-state index is 0.161. The van der Waals surface area contributed by atoms with Crippen molar-refractivity contribution in [2.24, 2.45) is 0 Å². The molecule has 2 aromatic rings. The number of benzene rings is 2. The number of ether oxygens (including phenoxy) is 2. The molecule has 0 N–H and O–H groups in total. The standard InChI is InChI=1S/C24H27NO3/c1-25-10-9-17(12-19(25)11-16-7-5-4-6-8-16)20-13-18-14-22(27-2)23(28-3)15-21(18)24(20)26/h4-8,14-15,19H,9-13H2,1-3H3. The number of fused-ring (bicyclic) bond motifs is 1. The van der Waals surface area contributed by atoms with Crippen LogP contribution in [0.15, 0.2) is 53.6 Å². The predicted octanol–water partition coefficient (Wildman–Crippen LogP) is 4.08. The zero-order valence-electron chi connectivity index (χ0n) is 16.8. The van der Waals surface area contributed by atoms with E-state index in [2.05, 4.69) is 42.3 Å². The van der Waals surface area contributed by atoms with E-state index in [1.165, 1.54) is 11.1 Å². The molecule has 2 aliphatic rings. The Morgan fingerprint density at radius 2 is 1.79 bits per heavy atom. The summed E-state index contributed by atoms with van der Waals surface area (Å²) in [6.45, 7) is 0.993. The minimum Gasteiger partial charge on any atom is -0.493 e. The molecule has 1 saturated heterocycles. The number of carbonyl (C=O) groups excluding carboxylic acids is 1. The van der Waals surface area contributed by atoms with Gasteiger partial charge in [0.25, 0.3) is 0 Å². The Morgan fingerprint density at radius 1 is 1.07 bits per heavy atom. The molecule has 4 heteroatoms. The van der Waals surface area contributed by atoms with E-state index in [4.69, 9.17) is 9.47 Å². The van der Waals surface area contributed by atoms with Crippen molar-refractivity contribution in [1.82, 2.24) is 4.90 Å². The van der Waals surface area contributed by atoms with Crippen LogP contribution in [0, 0.1) is 0 Å². The first-order valence-corrected chi connectivity index (χ1v) is 9.85. The average molecular weight is 377 g/mol. The third-order valence-corrected chi connectivity index (χ3v) is 6.11. The zero-order chi connectivity index (χ0) is 19.7. The highest BCUT2D eigenvalue weighted by Gasteiger charge is 2.32. The van der Waals surface area contributed by atoms with Crippen molar-refractivity contribution in [3.8, 4) is 11.5 Å². The first-order chi connectivity index (χ1) is 13.6. The van der Waals surface area contributed by atoms with Crippen LogP contribution in [0.5, 0.6) is 11.5 Å². The largest absolute Gasteiger partial charge is 0.493 e. The third kappa shape index (κ3) is 3.45. The Kier molecular flexibility index (Phi) is 5.23. The Hall–Kier alpha value is -2.59. The number of nitrogens with zero attached hydrogens (tertiary/aromatic N) is 1. The molecule has 1 aliphatic carbocycles. The maximum atomic E-state index is 13.1. The molecule has 0 spiro atoms. The van der Waals surface area contributed by atoms with Gasteiger partial charge in [-0.25, -0.2) is 0 Å². The van der Waals surface area contributed by atoms with E-state index in [1.807, 2.05) is 12.1 Å². The van der Waals surface area contributed by atoms with Crippen molar-refractivity contribution in [1.29, 1.82) is 0 Å². The summed E-state index contributed by atoms with van der Waals surface area (Å²) in [5.74, 6) is 1.46. The number of Topliss-reactive ketones (excluding diaryl/α,β-unsaturated/α-hetero) is 1. The van der Waals surface area contributed by atoms with E-state index in [0.29, 0.717) is 24.0 Å². The van der Waals surface area contributed by atoms with Crippen LogP contribution >= 0.6 is 0 Å².